The highest BCUT2D eigenvalue weighted by Crippen LogP contribution is 2.33. The van der Waals surface area contributed by atoms with E-state index in [1.54, 1.807) is 6.07 Å². The van der Waals surface area contributed by atoms with Gasteiger partial charge >= 0.3 is 12.1 Å². The van der Waals surface area contributed by atoms with Crippen molar-refractivity contribution in [2.24, 2.45) is 5.92 Å². The summed E-state index contributed by atoms with van der Waals surface area (Å²) in [6.07, 6.45) is -5.23. The van der Waals surface area contributed by atoms with Crippen molar-refractivity contribution in [2.45, 2.75) is 64.4 Å². The smallest absolute Gasteiger partial charge is 0.390 e. The van der Waals surface area contributed by atoms with Crippen LogP contribution in [0.5, 0.6) is 0 Å². The van der Waals surface area contributed by atoms with Gasteiger partial charge in [0.25, 0.3) is 11.8 Å². The predicted molar refractivity (Wildman–Crippen MR) is 154 cm³/mol. The number of amides is 2. The van der Waals surface area contributed by atoms with Crippen LogP contribution in [0, 0.1) is 17.6 Å². The number of anilines is 2. The van der Waals surface area contributed by atoms with Crippen molar-refractivity contribution in [1.82, 2.24) is 10.2 Å². The number of alkyl halides is 3. The van der Waals surface area contributed by atoms with Gasteiger partial charge in [0, 0.05) is 62.2 Å². The van der Waals surface area contributed by atoms with Crippen LogP contribution in [0.2, 0.25) is 5.02 Å². The van der Waals surface area contributed by atoms with Gasteiger partial charge in [0.05, 0.1) is 23.4 Å². The molecule has 8 nitrogen and oxygen atoms in total. The minimum atomic E-state index is -4.27. The zero-order valence-electron chi connectivity index (χ0n) is 24.3. The van der Waals surface area contributed by atoms with Crippen LogP contribution in [0.1, 0.15) is 55.5 Å². The molecule has 14 heteroatoms. The molecule has 240 valence electrons. The van der Waals surface area contributed by atoms with Crippen molar-refractivity contribution in [3.8, 4) is 0 Å². The van der Waals surface area contributed by atoms with Crippen LogP contribution in [0.25, 0.3) is 0 Å². The third-order valence-electron chi connectivity index (χ3n) is 7.62. The zero-order chi connectivity index (χ0) is 32.2. The van der Waals surface area contributed by atoms with Crippen molar-refractivity contribution in [3.05, 3.63) is 58.1 Å². The van der Waals surface area contributed by atoms with Gasteiger partial charge < -0.3 is 20.3 Å². The van der Waals surface area contributed by atoms with Crippen LogP contribution in [0.4, 0.5) is 33.3 Å². The van der Waals surface area contributed by atoms with E-state index >= 15 is 4.39 Å². The molecule has 44 heavy (non-hydrogen) atoms. The standard InChI is InChI=1S/C30H34ClF5N4O4/c1-17(2)13-20-16-40(12-11-39(20)10-9-30(34,35)36)23-14-19(31)4-6-22(23)38-28(42)21-5-3-18(26(32)27(21)33)15-37-29(43)24-7-8-25(41)44-24/h3-6,14,17,20,24H,7-13,15-16H2,1-2H3,(H,37,43)(H,38,42)/t20-,24-/m0/s1. The van der Waals surface area contributed by atoms with E-state index in [0.29, 0.717) is 36.8 Å². The molecule has 0 radical (unpaired) electrons. The third kappa shape index (κ3) is 8.59. The SMILES string of the molecule is CC(C)C[C@H]1CN(c2cc(Cl)ccc2NC(=O)c2ccc(CNC(=O)[C@@H]3CCC(=O)O3)c(F)c2F)CCN1CCC(F)(F)F. The summed E-state index contributed by atoms with van der Waals surface area (Å²) >= 11 is 6.26. The normalized spacial score (nSPS) is 19.3. The summed E-state index contributed by atoms with van der Waals surface area (Å²) in [6, 6.07) is 6.74. The van der Waals surface area contributed by atoms with Gasteiger partial charge in [-0.1, -0.05) is 31.5 Å². The lowest BCUT2D eigenvalue weighted by Gasteiger charge is -2.43. The Bertz CT molecular complexity index is 1390. The topological polar surface area (TPSA) is 91.0 Å². The molecule has 4 rings (SSSR count). The number of nitrogens with one attached hydrogen (secondary N) is 2. The van der Waals surface area contributed by atoms with E-state index in [-0.39, 0.29) is 49.1 Å². The van der Waals surface area contributed by atoms with E-state index in [9.17, 15) is 31.9 Å². The van der Waals surface area contributed by atoms with Gasteiger partial charge in [0.15, 0.2) is 17.7 Å². The fourth-order valence-electron chi connectivity index (χ4n) is 5.41. The predicted octanol–water partition coefficient (Wildman–Crippen LogP) is 5.68. The van der Waals surface area contributed by atoms with Crippen molar-refractivity contribution in [1.29, 1.82) is 0 Å². The molecule has 0 aromatic heterocycles. The maximum atomic E-state index is 15.0. The highest BCUT2D eigenvalue weighted by atomic mass is 35.5. The monoisotopic (exact) mass is 644 g/mol. The molecule has 0 spiro atoms. The Hall–Kier alpha value is -3.45. The molecule has 0 aliphatic carbocycles. The Labute approximate surface area is 256 Å². The molecule has 0 unspecified atom stereocenters. The van der Waals surface area contributed by atoms with Crippen LogP contribution in [-0.2, 0) is 20.9 Å². The lowest BCUT2D eigenvalue weighted by atomic mass is 9.99. The summed E-state index contributed by atoms with van der Waals surface area (Å²) in [5.74, 6) is -4.58. The summed E-state index contributed by atoms with van der Waals surface area (Å²) in [7, 11) is 0. The Morgan fingerprint density at radius 3 is 2.52 bits per heavy atom. The number of hydrogen-bond acceptors (Lipinski definition) is 6. The van der Waals surface area contributed by atoms with Crippen molar-refractivity contribution >= 4 is 40.8 Å². The molecule has 2 aromatic carbocycles. The van der Waals surface area contributed by atoms with Gasteiger partial charge in [-0.15, -0.1) is 0 Å². The molecular formula is C30H34ClF5N4O4. The number of carbonyl (C=O) groups excluding carboxylic acids is 3. The number of halogens is 6. The summed E-state index contributed by atoms with van der Waals surface area (Å²) in [5.41, 5.74) is -0.00190. The second-order valence-electron chi connectivity index (χ2n) is 11.4. The number of hydrogen-bond donors (Lipinski definition) is 2. The summed E-state index contributed by atoms with van der Waals surface area (Å²) in [5, 5.41) is 5.37. The number of cyclic esters (lactones) is 1. The second kappa shape index (κ2) is 14.1. The second-order valence-corrected chi connectivity index (χ2v) is 11.8. The molecule has 2 aliphatic rings. The fourth-order valence-corrected chi connectivity index (χ4v) is 5.58. The van der Waals surface area contributed by atoms with Gasteiger partial charge in [-0.2, -0.15) is 13.2 Å². The summed E-state index contributed by atoms with van der Waals surface area (Å²) in [4.78, 5) is 40.3. The number of piperazine rings is 1. The van der Waals surface area contributed by atoms with Gasteiger partial charge in [0.1, 0.15) is 0 Å². The van der Waals surface area contributed by atoms with E-state index in [4.69, 9.17) is 16.3 Å². The van der Waals surface area contributed by atoms with Gasteiger partial charge in [0.2, 0.25) is 0 Å². The van der Waals surface area contributed by atoms with E-state index in [2.05, 4.69) is 10.6 Å². The Morgan fingerprint density at radius 2 is 1.86 bits per heavy atom. The van der Waals surface area contributed by atoms with E-state index in [1.807, 2.05) is 23.6 Å². The zero-order valence-corrected chi connectivity index (χ0v) is 25.0. The molecule has 2 fully saturated rings. The van der Waals surface area contributed by atoms with Crippen molar-refractivity contribution < 1.29 is 41.1 Å². The molecule has 2 saturated heterocycles. The van der Waals surface area contributed by atoms with Gasteiger partial charge in [-0.05, 0) is 36.6 Å². The first-order chi connectivity index (χ1) is 20.7. The highest BCUT2D eigenvalue weighted by Gasteiger charge is 2.34. The molecule has 2 heterocycles. The lowest BCUT2D eigenvalue weighted by molar-refractivity contribution is -0.148. The van der Waals surface area contributed by atoms with E-state index in [1.165, 1.54) is 18.2 Å². The van der Waals surface area contributed by atoms with Crippen LogP contribution < -0.4 is 15.5 Å². The van der Waals surface area contributed by atoms with E-state index in [0.717, 1.165) is 6.07 Å². The summed E-state index contributed by atoms with van der Waals surface area (Å²) < 4.78 is 73.6. The first-order valence-corrected chi connectivity index (χ1v) is 14.7. The van der Waals surface area contributed by atoms with Gasteiger partial charge in [-0.25, -0.2) is 8.78 Å². The third-order valence-corrected chi connectivity index (χ3v) is 7.85. The highest BCUT2D eigenvalue weighted by molar-refractivity contribution is 6.31. The minimum Gasteiger partial charge on any atom is -0.452 e. The first kappa shape index (κ1) is 33.4. The van der Waals surface area contributed by atoms with Crippen LogP contribution in [0.3, 0.4) is 0 Å². The maximum Gasteiger partial charge on any atom is 0.390 e. The number of esters is 1. The molecule has 2 aromatic rings. The molecular weight excluding hydrogens is 611 g/mol. The molecule has 2 amide bonds. The average molecular weight is 645 g/mol. The van der Waals surface area contributed by atoms with Gasteiger partial charge in [-0.3, -0.25) is 19.3 Å². The number of benzene rings is 2. The number of ether oxygens (including phenoxy) is 1. The molecule has 0 saturated carbocycles. The molecule has 2 N–H and O–H groups in total. The van der Waals surface area contributed by atoms with Crippen LogP contribution in [-0.4, -0.2) is 67.2 Å². The quantitative estimate of drug-likeness (QED) is 0.256. The summed E-state index contributed by atoms with van der Waals surface area (Å²) in [6.45, 7) is 4.57. The molecule has 2 atom stereocenters. The largest absolute Gasteiger partial charge is 0.452 e. The minimum absolute atomic E-state index is 0.0942. The number of carbonyl (C=O) groups is 3. The Kier molecular flexibility index (Phi) is 10.7. The first-order valence-electron chi connectivity index (χ1n) is 14.3. The fraction of sp³-hybridized carbons (Fsp3) is 0.500. The lowest BCUT2D eigenvalue weighted by Crippen LogP contribution is -2.54. The molecule has 0 bridgehead atoms. The Balaban J connectivity index is 1.47. The molecule has 2 aliphatic heterocycles. The van der Waals surface area contributed by atoms with Crippen molar-refractivity contribution in [2.75, 3.05) is 36.4 Å². The van der Waals surface area contributed by atoms with Crippen LogP contribution >= 0.6 is 11.6 Å². The Morgan fingerprint density at radius 1 is 1.11 bits per heavy atom. The number of rotatable bonds is 10. The van der Waals surface area contributed by atoms with Crippen LogP contribution in [0.15, 0.2) is 30.3 Å². The van der Waals surface area contributed by atoms with Crippen molar-refractivity contribution in [3.63, 3.8) is 0 Å². The maximum absolute atomic E-state index is 15.0. The number of nitrogens with zero attached hydrogens (tertiary/aromatic N) is 2. The average Bonchev–Trinajstić information content (AvgIpc) is 3.39. The van der Waals surface area contributed by atoms with E-state index < -0.39 is 53.7 Å².